The normalized spacial score (nSPS) is 11.1. The van der Waals surface area contributed by atoms with E-state index in [-0.39, 0.29) is 22.9 Å². The second kappa shape index (κ2) is 10.0. The molecule has 10 heteroatoms. The van der Waals surface area contributed by atoms with E-state index in [2.05, 4.69) is 10.6 Å². The summed E-state index contributed by atoms with van der Waals surface area (Å²) in [5.74, 6) is -1.80. The molecule has 1 aromatic rings. The Bertz CT molecular complexity index is 805. The summed E-state index contributed by atoms with van der Waals surface area (Å²) in [5, 5.41) is 4.93. The lowest BCUT2D eigenvalue weighted by molar-refractivity contribution is -0.127. The van der Waals surface area contributed by atoms with Gasteiger partial charge in [-0.05, 0) is 31.0 Å². The molecule has 0 unspecified atom stereocenters. The molecule has 27 heavy (non-hydrogen) atoms. The average molecular weight is 399 g/mol. The van der Waals surface area contributed by atoms with Gasteiger partial charge in [0.05, 0.1) is 17.0 Å². The van der Waals surface area contributed by atoms with Gasteiger partial charge in [-0.3, -0.25) is 9.59 Å². The molecule has 0 aliphatic heterocycles. The minimum absolute atomic E-state index is 0.0476. The largest absolute Gasteiger partial charge is 0.452 e. The van der Waals surface area contributed by atoms with Crippen LogP contribution < -0.4 is 10.6 Å². The highest BCUT2D eigenvalue weighted by Gasteiger charge is 2.21. The standard InChI is InChI=1S/C17H25N3O6S/c1-5-8-18-15(21)10-19-16(22)11-26-17(23)14-9-13(7-6-12(14)2)27(24,25)20(3)4/h6-7,9H,5,8,10-11H2,1-4H3,(H,18,21)(H,19,22). The molecule has 150 valence electrons. The van der Waals surface area contributed by atoms with Crippen molar-refractivity contribution in [1.29, 1.82) is 0 Å². The van der Waals surface area contributed by atoms with Crippen molar-refractivity contribution in [2.45, 2.75) is 25.2 Å². The Morgan fingerprint density at radius 2 is 1.78 bits per heavy atom. The summed E-state index contributed by atoms with van der Waals surface area (Å²) in [4.78, 5) is 35.2. The molecule has 1 aromatic carbocycles. The lowest BCUT2D eigenvalue weighted by Gasteiger charge is -2.13. The number of carbonyl (C=O) groups is 3. The molecule has 0 fully saturated rings. The highest BCUT2D eigenvalue weighted by atomic mass is 32.2. The number of esters is 1. The van der Waals surface area contributed by atoms with Crippen LogP contribution in [0.4, 0.5) is 0 Å². The number of benzene rings is 1. The Labute approximate surface area is 159 Å². The molecule has 0 aliphatic rings. The van der Waals surface area contributed by atoms with Crippen molar-refractivity contribution in [2.24, 2.45) is 0 Å². The van der Waals surface area contributed by atoms with Crippen LogP contribution in [-0.4, -0.2) is 64.3 Å². The lowest BCUT2D eigenvalue weighted by Crippen LogP contribution is -2.39. The average Bonchev–Trinajstić information content (AvgIpc) is 2.62. The van der Waals surface area contributed by atoms with E-state index >= 15 is 0 Å². The zero-order chi connectivity index (χ0) is 20.6. The topological polar surface area (TPSA) is 122 Å². The van der Waals surface area contributed by atoms with Crippen LogP contribution in [0.15, 0.2) is 23.1 Å². The Hall–Kier alpha value is -2.46. The first-order chi connectivity index (χ1) is 12.6. The third-order valence-corrected chi connectivity index (χ3v) is 5.37. The summed E-state index contributed by atoms with van der Waals surface area (Å²) in [5.41, 5.74) is 0.559. The van der Waals surface area contributed by atoms with Crippen molar-refractivity contribution in [3.8, 4) is 0 Å². The number of sulfonamides is 1. The SMILES string of the molecule is CCCNC(=O)CNC(=O)COC(=O)c1cc(S(=O)(=O)N(C)C)ccc1C. The number of hydrogen-bond donors (Lipinski definition) is 2. The van der Waals surface area contributed by atoms with E-state index in [0.29, 0.717) is 12.1 Å². The number of nitrogens with one attached hydrogen (secondary N) is 2. The molecule has 1 rings (SSSR count). The zero-order valence-corrected chi connectivity index (χ0v) is 16.7. The Morgan fingerprint density at radius 3 is 2.37 bits per heavy atom. The van der Waals surface area contributed by atoms with Crippen LogP contribution in [0.1, 0.15) is 29.3 Å². The number of hydrogen-bond acceptors (Lipinski definition) is 6. The number of carbonyl (C=O) groups excluding carboxylic acids is 3. The second-order valence-electron chi connectivity index (χ2n) is 5.97. The number of ether oxygens (including phenoxy) is 1. The summed E-state index contributed by atoms with van der Waals surface area (Å²) >= 11 is 0. The van der Waals surface area contributed by atoms with E-state index in [9.17, 15) is 22.8 Å². The van der Waals surface area contributed by atoms with Gasteiger partial charge in [-0.2, -0.15) is 0 Å². The molecular formula is C17H25N3O6S. The predicted molar refractivity (Wildman–Crippen MR) is 98.6 cm³/mol. The second-order valence-corrected chi connectivity index (χ2v) is 8.12. The minimum atomic E-state index is -3.71. The Morgan fingerprint density at radius 1 is 1.11 bits per heavy atom. The quantitative estimate of drug-likeness (QED) is 0.566. The first kappa shape index (κ1) is 22.6. The smallest absolute Gasteiger partial charge is 0.338 e. The maximum atomic E-state index is 12.2. The van der Waals surface area contributed by atoms with E-state index in [4.69, 9.17) is 4.74 Å². The van der Waals surface area contributed by atoms with Crippen molar-refractivity contribution in [3.05, 3.63) is 29.3 Å². The Balaban J connectivity index is 2.70. The number of nitrogens with zero attached hydrogens (tertiary/aromatic N) is 1. The van der Waals surface area contributed by atoms with Gasteiger partial charge >= 0.3 is 5.97 Å². The van der Waals surface area contributed by atoms with Crippen LogP contribution >= 0.6 is 0 Å². The van der Waals surface area contributed by atoms with Crippen LogP contribution in [0.2, 0.25) is 0 Å². The fraction of sp³-hybridized carbons (Fsp3) is 0.471. The molecule has 0 aromatic heterocycles. The maximum absolute atomic E-state index is 12.2. The molecule has 2 amide bonds. The molecule has 2 N–H and O–H groups in total. The molecule has 0 spiro atoms. The van der Waals surface area contributed by atoms with E-state index in [1.807, 2.05) is 6.92 Å². The van der Waals surface area contributed by atoms with Gasteiger partial charge in [0.15, 0.2) is 6.61 Å². The Kier molecular flexibility index (Phi) is 8.38. The molecule has 0 saturated heterocycles. The monoisotopic (exact) mass is 399 g/mol. The van der Waals surface area contributed by atoms with Crippen LogP contribution in [0.25, 0.3) is 0 Å². The summed E-state index contributed by atoms with van der Waals surface area (Å²) in [6, 6.07) is 4.09. The van der Waals surface area contributed by atoms with Gasteiger partial charge in [-0.1, -0.05) is 13.0 Å². The van der Waals surface area contributed by atoms with Gasteiger partial charge in [0.1, 0.15) is 0 Å². The van der Waals surface area contributed by atoms with Crippen LogP contribution in [0.3, 0.4) is 0 Å². The lowest BCUT2D eigenvalue weighted by atomic mass is 10.1. The molecular weight excluding hydrogens is 374 g/mol. The van der Waals surface area contributed by atoms with Crippen molar-refractivity contribution < 1.29 is 27.5 Å². The summed E-state index contributed by atoms with van der Waals surface area (Å²) in [6.45, 7) is 3.24. The molecule has 0 radical (unpaired) electrons. The predicted octanol–water partition coefficient (Wildman–Crippen LogP) is 0.0445. The third kappa shape index (κ3) is 6.65. The van der Waals surface area contributed by atoms with E-state index in [0.717, 1.165) is 10.7 Å². The van der Waals surface area contributed by atoms with Crippen molar-refractivity contribution in [2.75, 3.05) is 33.8 Å². The van der Waals surface area contributed by atoms with Gasteiger partial charge in [-0.15, -0.1) is 0 Å². The molecule has 9 nitrogen and oxygen atoms in total. The van der Waals surface area contributed by atoms with E-state index in [1.165, 1.54) is 32.3 Å². The van der Waals surface area contributed by atoms with Gasteiger partial charge in [0, 0.05) is 20.6 Å². The molecule has 0 saturated carbocycles. The van der Waals surface area contributed by atoms with Gasteiger partial charge in [-0.25, -0.2) is 17.5 Å². The molecule has 0 aliphatic carbocycles. The highest BCUT2D eigenvalue weighted by molar-refractivity contribution is 7.89. The molecule has 0 atom stereocenters. The van der Waals surface area contributed by atoms with Crippen LogP contribution in [0, 0.1) is 6.92 Å². The maximum Gasteiger partial charge on any atom is 0.338 e. The minimum Gasteiger partial charge on any atom is -0.452 e. The van der Waals surface area contributed by atoms with Gasteiger partial charge in [0.25, 0.3) is 5.91 Å². The number of rotatable bonds is 9. The summed E-state index contributed by atoms with van der Waals surface area (Å²) in [7, 11) is -0.939. The van der Waals surface area contributed by atoms with E-state index < -0.39 is 28.5 Å². The fourth-order valence-corrected chi connectivity index (χ4v) is 2.89. The van der Waals surface area contributed by atoms with Crippen LogP contribution in [-0.2, 0) is 24.3 Å². The third-order valence-electron chi connectivity index (χ3n) is 3.56. The van der Waals surface area contributed by atoms with Gasteiger partial charge < -0.3 is 15.4 Å². The molecule has 0 heterocycles. The first-order valence-electron chi connectivity index (χ1n) is 8.33. The van der Waals surface area contributed by atoms with Crippen molar-refractivity contribution in [1.82, 2.24) is 14.9 Å². The van der Waals surface area contributed by atoms with Crippen LogP contribution in [0.5, 0.6) is 0 Å². The fourth-order valence-electron chi connectivity index (χ4n) is 1.96. The van der Waals surface area contributed by atoms with Gasteiger partial charge in [0.2, 0.25) is 15.9 Å². The summed E-state index contributed by atoms with van der Waals surface area (Å²) < 4.78 is 30.3. The number of aryl methyl sites for hydroxylation is 1. The zero-order valence-electron chi connectivity index (χ0n) is 15.9. The highest BCUT2D eigenvalue weighted by Crippen LogP contribution is 2.18. The first-order valence-corrected chi connectivity index (χ1v) is 9.77. The van der Waals surface area contributed by atoms with Crippen molar-refractivity contribution in [3.63, 3.8) is 0 Å². The summed E-state index contributed by atoms with van der Waals surface area (Å²) in [6.07, 6.45) is 0.777. The van der Waals surface area contributed by atoms with E-state index in [1.54, 1.807) is 6.92 Å². The number of amides is 2. The molecule has 0 bridgehead atoms. The van der Waals surface area contributed by atoms with Crippen molar-refractivity contribution >= 4 is 27.8 Å².